The van der Waals surface area contributed by atoms with E-state index in [1.165, 1.54) is 5.56 Å². The molecule has 0 saturated carbocycles. The Labute approximate surface area is 113 Å². The number of aliphatic hydroxyl groups excluding tert-OH is 1. The second-order valence-corrected chi connectivity index (χ2v) is 5.31. The normalized spacial score (nSPS) is 28.4. The van der Waals surface area contributed by atoms with Gasteiger partial charge in [-0.1, -0.05) is 0 Å². The predicted octanol–water partition coefficient (Wildman–Crippen LogP) is 2.34. The maximum absolute atomic E-state index is 9.03. The summed E-state index contributed by atoms with van der Waals surface area (Å²) in [4.78, 5) is 0. The molecule has 2 aliphatic rings. The first-order chi connectivity index (χ1) is 9.33. The van der Waals surface area contributed by atoms with Crippen molar-refractivity contribution in [1.82, 2.24) is 0 Å². The number of methoxy groups -OCH3 is 1. The number of anilines is 1. The van der Waals surface area contributed by atoms with Gasteiger partial charge in [0.15, 0.2) is 0 Å². The molecule has 0 bridgehead atoms. The quantitative estimate of drug-likeness (QED) is 0.875. The summed E-state index contributed by atoms with van der Waals surface area (Å²) >= 11 is 0. The molecule has 3 atom stereocenters. The molecule has 4 nitrogen and oxygen atoms in total. The highest BCUT2D eigenvalue weighted by Gasteiger charge is 2.40. The largest absolute Gasteiger partial charge is 0.497 e. The summed E-state index contributed by atoms with van der Waals surface area (Å²) in [5.41, 5.74) is 2.36. The van der Waals surface area contributed by atoms with Gasteiger partial charge in [-0.3, -0.25) is 0 Å². The third kappa shape index (κ3) is 2.30. The van der Waals surface area contributed by atoms with Gasteiger partial charge in [-0.15, -0.1) is 0 Å². The second kappa shape index (κ2) is 5.39. The van der Waals surface area contributed by atoms with Crippen molar-refractivity contribution in [3.63, 3.8) is 0 Å². The fourth-order valence-electron chi connectivity index (χ4n) is 3.28. The van der Waals surface area contributed by atoms with Crippen molar-refractivity contribution in [3.8, 4) is 5.75 Å². The van der Waals surface area contributed by atoms with E-state index in [2.05, 4.69) is 17.4 Å². The van der Waals surface area contributed by atoms with Gasteiger partial charge in [0.1, 0.15) is 5.75 Å². The van der Waals surface area contributed by atoms with Crippen molar-refractivity contribution < 1.29 is 14.6 Å². The molecule has 1 aromatic rings. The van der Waals surface area contributed by atoms with E-state index in [0.29, 0.717) is 12.0 Å². The van der Waals surface area contributed by atoms with Crippen LogP contribution in [-0.4, -0.2) is 31.5 Å². The molecule has 2 N–H and O–H groups in total. The minimum absolute atomic E-state index is 0.176. The molecule has 0 amide bonds. The molecule has 2 heterocycles. The summed E-state index contributed by atoms with van der Waals surface area (Å²) in [7, 11) is 1.69. The molecular formula is C15H21NO3. The monoisotopic (exact) mass is 263 g/mol. The Hall–Kier alpha value is -1.26. The van der Waals surface area contributed by atoms with Crippen LogP contribution in [0.4, 0.5) is 5.69 Å². The lowest BCUT2D eigenvalue weighted by molar-refractivity contribution is 0.0811. The fraction of sp³-hybridized carbons (Fsp3) is 0.600. The molecule has 0 spiro atoms. The van der Waals surface area contributed by atoms with Crippen LogP contribution in [0.15, 0.2) is 18.2 Å². The lowest BCUT2D eigenvalue weighted by Gasteiger charge is -2.36. The van der Waals surface area contributed by atoms with Crippen LogP contribution < -0.4 is 10.1 Å². The van der Waals surface area contributed by atoms with E-state index in [4.69, 9.17) is 14.6 Å². The summed E-state index contributed by atoms with van der Waals surface area (Å²) in [5.74, 6) is 1.38. The average molecular weight is 263 g/mol. The molecule has 1 saturated heterocycles. The molecule has 0 radical (unpaired) electrons. The summed E-state index contributed by atoms with van der Waals surface area (Å²) in [5, 5.41) is 12.6. The van der Waals surface area contributed by atoms with Gasteiger partial charge in [0.05, 0.1) is 13.2 Å². The van der Waals surface area contributed by atoms with Crippen LogP contribution in [0.1, 0.15) is 30.9 Å². The smallest absolute Gasteiger partial charge is 0.119 e. The first-order valence-corrected chi connectivity index (χ1v) is 7.00. The van der Waals surface area contributed by atoms with Crippen LogP contribution in [0.5, 0.6) is 5.75 Å². The number of nitrogens with one attached hydrogen (secondary N) is 1. The first-order valence-electron chi connectivity index (χ1n) is 7.00. The zero-order valence-electron chi connectivity index (χ0n) is 11.3. The number of aliphatic hydroxyl groups is 1. The van der Waals surface area contributed by atoms with E-state index in [1.807, 2.05) is 6.07 Å². The van der Waals surface area contributed by atoms with Gasteiger partial charge in [-0.25, -0.2) is 0 Å². The van der Waals surface area contributed by atoms with Gasteiger partial charge < -0.3 is 19.9 Å². The third-order valence-electron chi connectivity index (χ3n) is 4.23. The van der Waals surface area contributed by atoms with E-state index in [0.717, 1.165) is 37.3 Å². The van der Waals surface area contributed by atoms with Crippen molar-refractivity contribution in [2.75, 3.05) is 25.6 Å². The van der Waals surface area contributed by atoms with Crippen LogP contribution in [-0.2, 0) is 4.74 Å². The van der Waals surface area contributed by atoms with Crippen LogP contribution in [0.2, 0.25) is 0 Å². The van der Waals surface area contributed by atoms with Gasteiger partial charge in [-0.05, 0) is 37.5 Å². The number of fused-ring (bicyclic) bond motifs is 3. The Morgan fingerprint density at radius 1 is 1.47 bits per heavy atom. The molecule has 0 aliphatic carbocycles. The molecular weight excluding hydrogens is 242 g/mol. The van der Waals surface area contributed by atoms with Crippen molar-refractivity contribution in [2.24, 2.45) is 5.92 Å². The lowest BCUT2D eigenvalue weighted by Crippen LogP contribution is -2.36. The minimum Gasteiger partial charge on any atom is -0.497 e. The van der Waals surface area contributed by atoms with Crippen molar-refractivity contribution in [1.29, 1.82) is 0 Å². The summed E-state index contributed by atoms with van der Waals surface area (Å²) in [6.07, 6.45) is 3.10. The second-order valence-electron chi connectivity index (χ2n) is 5.31. The minimum atomic E-state index is 0.176. The van der Waals surface area contributed by atoms with E-state index in [1.54, 1.807) is 7.11 Å². The number of benzene rings is 1. The molecule has 0 aromatic heterocycles. The Balaban J connectivity index is 1.89. The Bertz CT molecular complexity index is 449. The zero-order valence-corrected chi connectivity index (χ0v) is 11.3. The van der Waals surface area contributed by atoms with Gasteiger partial charge in [0, 0.05) is 36.4 Å². The van der Waals surface area contributed by atoms with Gasteiger partial charge in [-0.2, -0.15) is 0 Å². The highest BCUT2D eigenvalue weighted by molar-refractivity contribution is 5.58. The highest BCUT2D eigenvalue weighted by atomic mass is 16.5. The van der Waals surface area contributed by atoms with Crippen LogP contribution in [0.25, 0.3) is 0 Å². The number of ether oxygens (including phenoxy) is 2. The maximum atomic E-state index is 9.03. The Kier molecular flexibility index (Phi) is 3.62. The maximum Gasteiger partial charge on any atom is 0.119 e. The van der Waals surface area contributed by atoms with Gasteiger partial charge in [0.2, 0.25) is 0 Å². The van der Waals surface area contributed by atoms with Gasteiger partial charge in [0.25, 0.3) is 0 Å². The number of rotatable bonds is 4. The SMILES string of the molecule is COc1ccc2c(c1)[C@@H]1OCC[C@H]1[C@@H](CCCO)N2. The fourth-order valence-corrected chi connectivity index (χ4v) is 3.28. The van der Waals surface area contributed by atoms with E-state index >= 15 is 0 Å². The van der Waals surface area contributed by atoms with Crippen molar-refractivity contribution in [2.45, 2.75) is 31.4 Å². The molecule has 4 heteroatoms. The van der Waals surface area contributed by atoms with Crippen LogP contribution in [0.3, 0.4) is 0 Å². The lowest BCUT2D eigenvalue weighted by atomic mass is 9.82. The van der Waals surface area contributed by atoms with Gasteiger partial charge >= 0.3 is 0 Å². The molecule has 104 valence electrons. The zero-order chi connectivity index (χ0) is 13.2. The van der Waals surface area contributed by atoms with E-state index in [-0.39, 0.29) is 12.7 Å². The first kappa shape index (κ1) is 12.8. The predicted molar refractivity (Wildman–Crippen MR) is 73.5 cm³/mol. The summed E-state index contributed by atoms with van der Waals surface area (Å²) < 4.78 is 11.2. The molecule has 2 aliphatic heterocycles. The van der Waals surface area contributed by atoms with Crippen LogP contribution in [0, 0.1) is 5.92 Å². The van der Waals surface area contributed by atoms with E-state index < -0.39 is 0 Å². The Morgan fingerprint density at radius 2 is 2.37 bits per heavy atom. The number of hydrogen-bond acceptors (Lipinski definition) is 4. The molecule has 19 heavy (non-hydrogen) atoms. The standard InChI is InChI=1S/C15H21NO3/c1-18-10-4-5-14-12(9-10)15-11(6-8-19-15)13(16-14)3-2-7-17/h4-5,9,11,13,15-17H,2-3,6-8H2,1H3/t11-,13+,15+/m0/s1. The third-order valence-corrected chi connectivity index (χ3v) is 4.23. The molecule has 1 fully saturated rings. The van der Waals surface area contributed by atoms with Crippen molar-refractivity contribution >= 4 is 5.69 Å². The topological polar surface area (TPSA) is 50.7 Å². The molecule has 3 rings (SSSR count). The molecule has 1 aromatic carbocycles. The average Bonchev–Trinajstić information content (AvgIpc) is 2.94. The van der Waals surface area contributed by atoms with Crippen LogP contribution >= 0.6 is 0 Å². The molecule has 0 unspecified atom stereocenters. The Morgan fingerprint density at radius 3 is 3.16 bits per heavy atom. The highest BCUT2D eigenvalue weighted by Crippen LogP contribution is 2.46. The summed E-state index contributed by atoms with van der Waals surface area (Å²) in [6.45, 7) is 1.08. The summed E-state index contributed by atoms with van der Waals surface area (Å²) in [6, 6.07) is 6.52. The number of hydrogen-bond donors (Lipinski definition) is 2. The van der Waals surface area contributed by atoms with E-state index in [9.17, 15) is 0 Å². The van der Waals surface area contributed by atoms with Crippen molar-refractivity contribution in [3.05, 3.63) is 23.8 Å².